The fourth-order valence-corrected chi connectivity index (χ4v) is 1.29. The van der Waals surface area contributed by atoms with Crippen molar-refractivity contribution in [3.8, 4) is 12.3 Å². The van der Waals surface area contributed by atoms with Crippen LogP contribution in [0, 0.1) is 12.3 Å². The summed E-state index contributed by atoms with van der Waals surface area (Å²) < 4.78 is 0. The van der Waals surface area contributed by atoms with E-state index in [9.17, 15) is 0 Å². The van der Waals surface area contributed by atoms with Crippen LogP contribution >= 0.6 is 0 Å². The van der Waals surface area contributed by atoms with E-state index in [0.717, 1.165) is 13.0 Å². The predicted molar refractivity (Wildman–Crippen MR) is 62.2 cm³/mol. The van der Waals surface area contributed by atoms with Crippen LogP contribution in [0.5, 0.6) is 0 Å². The van der Waals surface area contributed by atoms with Crippen LogP contribution in [-0.2, 0) is 0 Å². The Morgan fingerprint density at radius 2 is 2.20 bits per heavy atom. The van der Waals surface area contributed by atoms with Crippen LogP contribution < -0.4 is 16.4 Å². The summed E-state index contributed by atoms with van der Waals surface area (Å²) in [6, 6.07) is 1.67. The molecule has 1 aromatic rings. The molecule has 1 heterocycles. The minimum Gasteiger partial charge on any atom is -0.383 e. The number of anilines is 3. The Kier molecular flexibility index (Phi) is 3.75. The Bertz CT molecular complexity index is 348. The molecule has 0 fully saturated rings. The van der Waals surface area contributed by atoms with Gasteiger partial charge < -0.3 is 16.4 Å². The molecule has 5 heteroatoms. The molecule has 5 nitrogen and oxygen atoms in total. The molecule has 0 aliphatic heterocycles. The van der Waals surface area contributed by atoms with Crippen molar-refractivity contribution in [3.63, 3.8) is 0 Å². The minimum atomic E-state index is 0.170. The number of rotatable bonds is 4. The number of terminal acetylenes is 1. The maximum atomic E-state index is 5.58. The number of nitrogens with two attached hydrogens (primary N) is 2. The number of nitrogens with zero attached hydrogens (tertiary/aromatic N) is 3. The highest BCUT2D eigenvalue weighted by molar-refractivity contribution is 5.50. The predicted octanol–water partition coefficient (Wildman–Crippen LogP) is 0.491. The number of aromatic nitrogens is 2. The molecule has 0 spiro atoms. The fourth-order valence-electron chi connectivity index (χ4n) is 1.29. The van der Waals surface area contributed by atoms with Crippen LogP contribution in [-0.4, -0.2) is 23.1 Å². The van der Waals surface area contributed by atoms with Gasteiger partial charge in [-0.3, -0.25) is 0 Å². The topological polar surface area (TPSA) is 81.1 Å². The minimum absolute atomic E-state index is 0.170. The molecule has 0 saturated carbocycles. The third kappa shape index (κ3) is 3.02. The van der Waals surface area contributed by atoms with Crippen molar-refractivity contribution in [1.29, 1.82) is 0 Å². The Labute approximate surface area is 89.5 Å². The van der Waals surface area contributed by atoms with Crippen LogP contribution in [0.4, 0.5) is 17.6 Å². The van der Waals surface area contributed by atoms with E-state index in [-0.39, 0.29) is 5.95 Å². The summed E-state index contributed by atoms with van der Waals surface area (Å²) in [5.41, 5.74) is 11.1. The van der Waals surface area contributed by atoms with Gasteiger partial charge in [-0.2, -0.15) is 9.97 Å². The second-order valence-electron chi connectivity index (χ2n) is 3.13. The second kappa shape index (κ2) is 5.05. The van der Waals surface area contributed by atoms with Crippen LogP contribution in [0.2, 0.25) is 0 Å². The summed E-state index contributed by atoms with van der Waals surface area (Å²) in [7, 11) is 0. The lowest BCUT2D eigenvalue weighted by Crippen LogP contribution is -2.26. The summed E-state index contributed by atoms with van der Waals surface area (Å²) in [4.78, 5) is 9.83. The van der Waals surface area contributed by atoms with Crippen molar-refractivity contribution in [2.24, 2.45) is 0 Å². The molecule has 0 amide bonds. The summed E-state index contributed by atoms with van der Waals surface area (Å²) >= 11 is 0. The van der Waals surface area contributed by atoms with Gasteiger partial charge in [0.2, 0.25) is 5.95 Å². The summed E-state index contributed by atoms with van der Waals surface area (Å²) in [6.45, 7) is 3.38. The van der Waals surface area contributed by atoms with Crippen molar-refractivity contribution in [1.82, 2.24) is 9.97 Å². The number of hydrogen-bond donors (Lipinski definition) is 2. The quantitative estimate of drug-likeness (QED) is 0.699. The van der Waals surface area contributed by atoms with Gasteiger partial charge in [0.15, 0.2) is 0 Å². The van der Waals surface area contributed by atoms with Crippen LogP contribution in [0.1, 0.15) is 13.3 Å². The maximum absolute atomic E-state index is 5.58. The Morgan fingerprint density at radius 1 is 1.47 bits per heavy atom. The van der Waals surface area contributed by atoms with Gasteiger partial charge >= 0.3 is 0 Å². The van der Waals surface area contributed by atoms with Crippen molar-refractivity contribution in [2.75, 3.05) is 29.5 Å². The zero-order chi connectivity index (χ0) is 11.3. The first-order valence-corrected chi connectivity index (χ1v) is 4.75. The molecule has 1 rings (SSSR count). The van der Waals surface area contributed by atoms with Crippen molar-refractivity contribution in [3.05, 3.63) is 6.07 Å². The molecular weight excluding hydrogens is 190 g/mol. The van der Waals surface area contributed by atoms with E-state index in [1.165, 1.54) is 0 Å². The summed E-state index contributed by atoms with van der Waals surface area (Å²) in [6.07, 6.45) is 6.25. The fraction of sp³-hybridized carbons (Fsp3) is 0.400. The van der Waals surface area contributed by atoms with Crippen LogP contribution in [0.15, 0.2) is 6.07 Å². The monoisotopic (exact) mass is 205 g/mol. The zero-order valence-corrected chi connectivity index (χ0v) is 8.77. The highest BCUT2D eigenvalue weighted by atomic mass is 15.2. The van der Waals surface area contributed by atoms with E-state index in [2.05, 4.69) is 22.8 Å². The third-order valence-electron chi connectivity index (χ3n) is 1.85. The average Bonchev–Trinajstić information content (AvgIpc) is 2.16. The van der Waals surface area contributed by atoms with Crippen LogP contribution in [0.25, 0.3) is 0 Å². The van der Waals surface area contributed by atoms with E-state index in [4.69, 9.17) is 17.9 Å². The van der Waals surface area contributed by atoms with Gasteiger partial charge in [-0.1, -0.05) is 12.8 Å². The summed E-state index contributed by atoms with van der Waals surface area (Å²) in [5, 5.41) is 0. The van der Waals surface area contributed by atoms with Gasteiger partial charge in [0.25, 0.3) is 0 Å². The van der Waals surface area contributed by atoms with E-state index in [1.54, 1.807) is 6.07 Å². The molecule has 0 saturated heterocycles. The average molecular weight is 205 g/mol. The van der Waals surface area contributed by atoms with E-state index in [0.29, 0.717) is 18.2 Å². The molecule has 0 bridgehead atoms. The van der Waals surface area contributed by atoms with E-state index >= 15 is 0 Å². The molecule has 1 aromatic heterocycles. The molecule has 0 unspecified atom stereocenters. The smallest absolute Gasteiger partial charge is 0.223 e. The Morgan fingerprint density at radius 3 is 2.73 bits per heavy atom. The Hall–Kier alpha value is -1.96. The van der Waals surface area contributed by atoms with Gasteiger partial charge in [0, 0.05) is 12.6 Å². The molecule has 0 radical (unpaired) electrons. The summed E-state index contributed by atoms with van der Waals surface area (Å²) in [5.74, 6) is 3.78. The van der Waals surface area contributed by atoms with E-state index < -0.39 is 0 Å². The van der Waals surface area contributed by atoms with Gasteiger partial charge in [0.05, 0.1) is 6.54 Å². The zero-order valence-electron chi connectivity index (χ0n) is 8.77. The first kappa shape index (κ1) is 11.1. The third-order valence-corrected chi connectivity index (χ3v) is 1.85. The molecule has 15 heavy (non-hydrogen) atoms. The SMILES string of the molecule is C#CCN(CCC)c1cc(N)nc(N)n1. The maximum Gasteiger partial charge on any atom is 0.223 e. The lowest BCUT2D eigenvalue weighted by Gasteiger charge is -2.20. The highest BCUT2D eigenvalue weighted by Crippen LogP contribution is 2.14. The van der Waals surface area contributed by atoms with Gasteiger partial charge in [-0.05, 0) is 6.42 Å². The molecule has 80 valence electrons. The van der Waals surface area contributed by atoms with Crippen LogP contribution in [0.3, 0.4) is 0 Å². The normalized spacial score (nSPS) is 9.60. The second-order valence-corrected chi connectivity index (χ2v) is 3.13. The molecular formula is C10H15N5. The molecule has 0 aliphatic carbocycles. The van der Waals surface area contributed by atoms with Crippen molar-refractivity contribution in [2.45, 2.75) is 13.3 Å². The first-order chi connectivity index (χ1) is 7.17. The molecule has 0 atom stereocenters. The number of nitrogen functional groups attached to an aromatic ring is 2. The number of hydrogen-bond acceptors (Lipinski definition) is 5. The van der Waals surface area contributed by atoms with Gasteiger partial charge in [0.1, 0.15) is 11.6 Å². The lowest BCUT2D eigenvalue weighted by molar-refractivity contribution is 0.808. The van der Waals surface area contributed by atoms with Crippen molar-refractivity contribution < 1.29 is 0 Å². The highest BCUT2D eigenvalue weighted by Gasteiger charge is 2.07. The largest absolute Gasteiger partial charge is 0.383 e. The lowest BCUT2D eigenvalue weighted by atomic mass is 10.3. The van der Waals surface area contributed by atoms with Gasteiger partial charge in [-0.25, -0.2) is 0 Å². The Balaban J connectivity index is 2.95. The molecule has 0 aromatic carbocycles. The standard InChI is InChI=1S/C10H15N5/c1-3-5-15(6-4-2)9-7-8(11)13-10(12)14-9/h1,7H,4-6H2,2H3,(H4,11,12,13,14). The van der Waals surface area contributed by atoms with Gasteiger partial charge in [-0.15, -0.1) is 6.42 Å². The molecule has 0 aliphatic rings. The van der Waals surface area contributed by atoms with E-state index in [1.807, 2.05) is 4.90 Å². The van der Waals surface area contributed by atoms with Crippen molar-refractivity contribution >= 4 is 17.6 Å². The first-order valence-electron chi connectivity index (χ1n) is 4.75. The molecule has 4 N–H and O–H groups in total.